The van der Waals surface area contributed by atoms with Crippen molar-refractivity contribution in [3.8, 4) is 0 Å². The van der Waals surface area contributed by atoms with E-state index in [4.69, 9.17) is 21.2 Å². The molecular formula is C12H12BrClN2O3S. The lowest BCUT2D eigenvalue weighted by Gasteiger charge is -2.15. The van der Waals surface area contributed by atoms with Crippen LogP contribution < -0.4 is 10.5 Å². The van der Waals surface area contributed by atoms with E-state index >= 15 is 0 Å². The van der Waals surface area contributed by atoms with Crippen LogP contribution in [0.1, 0.15) is 18.7 Å². The van der Waals surface area contributed by atoms with Gasteiger partial charge in [0.25, 0.3) is 0 Å². The summed E-state index contributed by atoms with van der Waals surface area (Å²) < 4.78 is 28.7. The second-order valence-electron chi connectivity index (χ2n) is 4.19. The van der Waals surface area contributed by atoms with Crippen LogP contribution in [0.3, 0.4) is 0 Å². The zero-order chi connectivity index (χ0) is 14.9. The van der Waals surface area contributed by atoms with Crippen LogP contribution in [-0.4, -0.2) is 8.42 Å². The molecule has 0 amide bonds. The van der Waals surface area contributed by atoms with Crippen molar-refractivity contribution in [2.45, 2.75) is 17.9 Å². The molecule has 1 unspecified atom stereocenters. The highest BCUT2D eigenvalue weighted by Gasteiger charge is 2.14. The maximum absolute atomic E-state index is 11.3. The molecule has 1 atom stereocenters. The molecule has 5 nitrogen and oxygen atoms in total. The summed E-state index contributed by atoms with van der Waals surface area (Å²) in [7, 11) is -3.77. The van der Waals surface area contributed by atoms with E-state index in [1.807, 2.05) is 6.92 Å². The van der Waals surface area contributed by atoms with Crippen molar-refractivity contribution in [1.29, 1.82) is 0 Å². The normalized spacial score (nSPS) is 13.2. The highest BCUT2D eigenvalue weighted by molar-refractivity contribution is 9.10. The zero-order valence-corrected chi connectivity index (χ0v) is 13.6. The van der Waals surface area contributed by atoms with Crippen LogP contribution in [0.5, 0.6) is 0 Å². The van der Waals surface area contributed by atoms with Gasteiger partial charge in [0, 0.05) is 0 Å². The van der Waals surface area contributed by atoms with Crippen LogP contribution in [0, 0.1) is 0 Å². The van der Waals surface area contributed by atoms with Gasteiger partial charge in [-0.2, -0.15) is 0 Å². The number of hydrogen-bond donors (Lipinski definition) is 2. The molecule has 8 heteroatoms. The van der Waals surface area contributed by atoms with Gasteiger partial charge in [0.2, 0.25) is 10.0 Å². The quantitative estimate of drug-likeness (QED) is 0.851. The number of benzene rings is 1. The minimum Gasteiger partial charge on any atom is -0.452 e. The van der Waals surface area contributed by atoms with Gasteiger partial charge in [-0.3, -0.25) is 0 Å². The number of sulfonamides is 1. The molecule has 108 valence electrons. The van der Waals surface area contributed by atoms with Crippen molar-refractivity contribution >= 4 is 43.2 Å². The Kier molecular flexibility index (Phi) is 4.43. The third-order valence-electron chi connectivity index (χ3n) is 2.66. The Bertz CT molecular complexity index is 730. The van der Waals surface area contributed by atoms with Gasteiger partial charge in [-0.05, 0) is 53.2 Å². The van der Waals surface area contributed by atoms with Crippen LogP contribution in [0.4, 0.5) is 5.69 Å². The van der Waals surface area contributed by atoms with Gasteiger partial charge < -0.3 is 9.73 Å². The summed E-state index contributed by atoms with van der Waals surface area (Å²) in [5, 5.41) is 8.58. The lowest BCUT2D eigenvalue weighted by molar-refractivity contribution is 0.471. The van der Waals surface area contributed by atoms with E-state index in [1.165, 1.54) is 18.2 Å². The summed E-state index contributed by atoms with van der Waals surface area (Å²) in [6, 6.07) is 7.63. The number of rotatable bonds is 4. The first-order valence-electron chi connectivity index (χ1n) is 5.61. The molecule has 0 radical (unpaired) electrons. The zero-order valence-electron chi connectivity index (χ0n) is 10.4. The number of primary sulfonamides is 1. The molecule has 20 heavy (non-hydrogen) atoms. The third kappa shape index (κ3) is 3.54. The molecule has 0 aliphatic rings. The van der Waals surface area contributed by atoms with Crippen LogP contribution in [0.15, 0.2) is 44.3 Å². The van der Waals surface area contributed by atoms with E-state index in [-0.39, 0.29) is 10.9 Å². The monoisotopic (exact) mass is 378 g/mol. The summed E-state index contributed by atoms with van der Waals surface area (Å²) in [4.78, 5) is -0.00257. The topological polar surface area (TPSA) is 85.3 Å². The Morgan fingerprint density at radius 1 is 1.35 bits per heavy atom. The van der Waals surface area contributed by atoms with Gasteiger partial charge >= 0.3 is 0 Å². The van der Waals surface area contributed by atoms with Crippen molar-refractivity contribution in [3.63, 3.8) is 0 Å². The molecule has 1 heterocycles. The highest BCUT2D eigenvalue weighted by atomic mass is 79.9. The predicted molar refractivity (Wildman–Crippen MR) is 81.3 cm³/mol. The highest BCUT2D eigenvalue weighted by Crippen LogP contribution is 2.29. The first-order chi connectivity index (χ1) is 9.27. The van der Waals surface area contributed by atoms with E-state index in [2.05, 4.69) is 21.2 Å². The molecule has 0 fully saturated rings. The molecule has 2 aromatic rings. The maximum Gasteiger partial charge on any atom is 0.238 e. The van der Waals surface area contributed by atoms with Gasteiger partial charge in [-0.1, -0.05) is 11.6 Å². The largest absolute Gasteiger partial charge is 0.452 e. The first kappa shape index (κ1) is 15.4. The molecule has 3 N–H and O–H groups in total. The minimum absolute atomic E-state index is 0.00257. The molecule has 0 bridgehead atoms. The third-order valence-corrected chi connectivity index (χ3v) is 4.33. The van der Waals surface area contributed by atoms with Crippen LogP contribution in [0.25, 0.3) is 0 Å². The SMILES string of the molecule is CC(Nc1cc(S(N)(=O)=O)ccc1Cl)c1ccc(Br)o1. The molecule has 0 aliphatic carbocycles. The van der Waals surface area contributed by atoms with Gasteiger partial charge in [-0.25, -0.2) is 13.6 Å². The van der Waals surface area contributed by atoms with Gasteiger partial charge in [0.05, 0.1) is 21.6 Å². The molecule has 0 saturated carbocycles. The first-order valence-corrected chi connectivity index (χ1v) is 8.33. The van der Waals surface area contributed by atoms with Crippen molar-refractivity contribution in [3.05, 3.63) is 45.8 Å². The smallest absolute Gasteiger partial charge is 0.238 e. The van der Waals surface area contributed by atoms with E-state index in [0.29, 0.717) is 21.1 Å². The molecular weight excluding hydrogens is 368 g/mol. The molecule has 0 saturated heterocycles. The summed E-state index contributed by atoms with van der Waals surface area (Å²) in [6.45, 7) is 1.87. The fraction of sp³-hybridized carbons (Fsp3) is 0.167. The summed E-state index contributed by atoms with van der Waals surface area (Å²) in [5.41, 5.74) is 0.471. The molecule has 1 aromatic carbocycles. The summed E-state index contributed by atoms with van der Waals surface area (Å²) in [5.74, 6) is 0.689. The van der Waals surface area contributed by atoms with Gasteiger partial charge in [-0.15, -0.1) is 0 Å². The fourth-order valence-electron chi connectivity index (χ4n) is 1.66. The number of nitrogens with one attached hydrogen (secondary N) is 1. The second-order valence-corrected chi connectivity index (χ2v) is 6.94. The van der Waals surface area contributed by atoms with Crippen molar-refractivity contribution < 1.29 is 12.8 Å². The molecule has 2 rings (SSSR count). The number of halogens is 2. The average Bonchev–Trinajstić information content (AvgIpc) is 2.77. The number of hydrogen-bond acceptors (Lipinski definition) is 4. The standard InChI is InChI=1S/C12H12BrClN2O3S/c1-7(11-4-5-12(13)19-11)16-10-6-8(20(15,17)18)2-3-9(10)14/h2-7,16H,1H3,(H2,15,17,18). The fourth-order valence-corrected chi connectivity index (χ4v) is 2.69. The van der Waals surface area contributed by atoms with Crippen LogP contribution >= 0.6 is 27.5 Å². The lowest BCUT2D eigenvalue weighted by Crippen LogP contribution is -2.13. The second kappa shape index (κ2) is 5.77. The number of furan rings is 1. The van der Waals surface area contributed by atoms with Gasteiger partial charge in [0.15, 0.2) is 4.67 Å². The molecule has 0 spiro atoms. The van der Waals surface area contributed by atoms with Gasteiger partial charge in [0.1, 0.15) is 5.76 Å². The van der Waals surface area contributed by atoms with Crippen molar-refractivity contribution in [1.82, 2.24) is 0 Å². The van der Waals surface area contributed by atoms with E-state index < -0.39 is 10.0 Å². The summed E-state index contributed by atoms with van der Waals surface area (Å²) >= 11 is 9.27. The van der Waals surface area contributed by atoms with Crippen LogP contribution in [-0.2, 0) is 10.0 Å². The summed E-state index contributed by atoms with van der Waals surface area (Å²) in [6.07, 6.45) is 0. The Labute approximate surface area is 130 Å². The van der Waals surface area contributed by atoms with Crippen LogP contribution in [0.2, 0.25) is 5.02 Å². The van der Waals surface area contributed by atoms with E-state index in [0.717, 1.165) is 0 Å². The number of anilines is 1. The average molecular weight is 380 g/mol. The van der Waals surface area contributed by atoms with Crippen molar-refractivity contribution in [2.24, 2.45) is 5.14 Å². The van der Waals surface area contributed by atoms with Crippen molar-refractivity contribution in [2.75, 3.05) is 5.32 Å². The lowest BCUT2D eigenvalue weighted by atomic mass is 10.2. The number of nitrogens with two attached hydrogens (primary N) is 1. The molecule has 0 aliphatic heterocycles. The Morgan fingerprint density at radius 3 is 2.60 bits per heavy atom. The Hall–Kier alpha value is -1.02. The Balaban J connectivity index is 2.29. The minimum atomic E-state index is -3.77. The Morgan fingerprint density at radius 2 is 2.05 bits per heavy atom. The van der Waals surface area contributed by atoms with E-state index in [1.54, 1.807) is 12.1 Å². The predicted octanol–water partition coefficient (Wildman–Crippen LogP) is 3.52. The van der Waals surface area contributed by atoms with E-state index in [9.17, 15) is 8.42 Å². The molecule has 1 aromatic heterocycles. The maximum atomic E-state index is 11.3.